The number of amides is 2. The Morgan fingerprint density at radius 3 is 2.73 bits per heavy atom. The number of hydrogen-bond acceptors (Lipinski definition) is 6. The standard InChI is InChI=1S/C20H18N4O5S/c1-29-14-7-5-13(6-8-14)21-19(25)17-10-30-11-23(17)20(26)15-9-12-3-2-4-16(24(27)28)18(12)22-15/h2-9,17,22H,10-11H2,1H3,(H,21,25). The Balaban J connectivity index is 1.54. The van der Waals surface area contributed by atoms with Crippen molar-refractivity contribution in [2.45, 2.75) is 6.04 Å². The van der Waals surface area contributed by atoms with Gasteiger partial charge in [0, 0.05) is 22.9 Å². The number of rotatable bonds is 5. The first-order valence-electron chi connectivity index (χ1n) is 9.07. The summed E-state index contributed by atoms with van der Waals surface area (Å²) in [6.45, 7) is 0. The molecule has 2 N–H and O–H groups in total. The molecule has 1 atom stereocenters. The van der Waals surface area contributed by atoms with Gasteiger partial charge in [0.1, 0.15) is 23.0 Å². The minimum Gasteiger partial charge on any atom is -0.497 e. The van der Waals surface area contributed by atoms with E-state index in [4.69, 9.17) is 4.74 Å². The summed E-state index contributed by atoms with van der Waals surface area (Å²) in [4.78, 5) is 40.9. The zero-order chi connectivity index (χ0) is 21.3. The third-order valence-electron chi connectivity index (χ3n) is 4.86. The zero-order valence-corrected chi connectivity index (χ0v) is 16.8. The van der Waals surface area contributed by atoms with Crippen LogP contribution in [-0.2, 0) is 4.79 Å². The molecule has 30 heavy (non-hydrogen) atoms. The Morgan fingerprint density at radius 2 is 2.03 bits per heavy atom. The number of benzene rings is 2. The van der Waals surface area contributed by atoms with E-state index >= 15 is 0 Å². The minimum absolute atomic E-state index is 0.101. The number of aromatic nitrogens is 1. The van der Waals surface area contributed by atoms with Crippen LogP contribution in [0.3, 0.4) is 0 Å². The van der Waals surface area contributed by atoms with E-state index in [1.807, 2.05) is 0 Å². The average Bonchev–Trinajstić information content (AvgIpc) is 3.40. The first kappa shape index (κ1) is 19.8. The van der Waals surface area contributed by atoms with Gasteiger partial charge < -0.3 is 19.9 Å². The maximum Gasteiger partial charge on any atom is 0.293 e. The van der Waals surface area contributed by atoms with Crippen molar-refractivity contribution in [1.29, 1.82) is 0 Å². The molecule has 0 bridgehead atoms. The second-order valence-corrected chi connectivity index (χ2v) is 7.69. The van der Waals surface area contributed by atoms with Crippen molar-refractivity contribution in [3.63, 3.8) is 0 Å². The summed E-state index contributed by atoms with van der Waals surface area (Å²) in [6.07, 6.45) is 0. The van der Waals surface area contributed by atoms with Crippen molar-refractivity contribution < 1.29 is 19.2 Å². The smallest absolute Gasteiger partial charge is 0.293 e. The molecule has 4 rings (SSSR count). The molecule has 10 heteroatoms. The normalized spacial score (nSPS) is 15.9. The molecule has 0 aliphatic carbocycles. The fourth-order valence-electron chi connectivity index (χ4n) is 3.32. The number of methoxy groups -OCH3 is 1. The third-order valence-corrected chi connectivity index (χ3v) is 5.88. The van der Waals surface area contributed by atoms with Crippen LogP contribution in [0.4, 0.5) is 11.4 Å². The summed E-state index contributed by atoms with van der Waals surface area (Å²) in [6, 6.07) is 12.5. The Morgan fingerprint density at radius 1 is 1.27 bits per heavy atom. The number of nitro benzene ring substituents is 1. The largest absolute Gasteiger partial charge is 0.497 e. The summed E-state index contributed by atoms with van der Waals surface area (Å²) in [7, 11) is 1.56. The van der Waals surface area contributed by atoms with Crippen molar-refractivity contribution in [3.8, 4) is 5.75 Å². The van der Waals surface area contributed by atoms with E-state index in [1.54, 1.807) is 49.6 Å². The second-order valence-electron chi connectivity index (χ2n) is 6.69. The Labute approximate surface area is 175 Å². The number of aromatic amines is 1. The molecule has 1 aliphatic heterocycles. The van der Waals surface area contributed by atoms with Crippen LogP contribution in [0.15, 0.2) is 48.5 Å². The number of nitrogens with zero attached hydrogens (tertiary/aromatic N) is 2. The van der Waals surface area contributed by atoms with Gasteiger partial charge in [-0.05, 0) is 30.3 Å². The van der Waals surface area contributed by atoms with E-state index in [2.05, 4.69) is 10.3 Å². The number of ether oxygens (including phenoxy) is 1. The van der Waals surface area contributed by atoms with Crippen molar-refractivity contribution in [3.05, 3.63) is 64.3 Å². The predicted molar refractivity (Wildman–Crippen MR) is 114 cm³/mol. The molecule has 0 radical (unpaired) electrons. The summed E-state index contributed by atoms with van der Waals surface area (Å²) >= 11 is 1.48. The van der Waals surface area contributed by atoms with Crippen LogP contribution in [0.25, 0.3) is 10.9 Å². The van der Waals surface area contributed by atoms with E-state index < -0.39 is 11.0 Å². The number of carbonyl (C=O) groups excluding carboxylic acids is 2. The van der Waals surface area contributed by atoms with Crippen LogP contribution in [0, 0.1) is 10.1 Å². The number of carbonyl (C=O) groups is 2. The molecule has 0 spiro atoms. The molecule has 0 saturated carbocycles. The molecule has 154 valence electrons. The summed E-state index contributed by atoms with van der Waals surface area (Å²) < 4.78 is 5.11. The predicted octanol–water partition coefficient (Wildman–Crippen LogP) is 3.24. The highest BCUT2D eigenvalue weighted by Crippen LogP contribution is 2.29. The monoisotopic (exact) mass is 426 g/mol. The van der Waals surface area contributed by atoms with Crippen LogP contribution < -0.4 is 10.1 Å². The lowest BCUT2D eigenvalue weighted by molar-refractivity contribution is -0.383. The average molecular weight is 426 g/mol. The number of hydrogen-bond donors (Lipinski definition) is 2. The van der Waals surface area contributed by atoms with Crippen molar-refractivity contribution >= 4 is 45.9 Å². The fraction of sp³-hybridized carbons (Fsp3) is 0.200. The SMILES string of the molecule is COc1ccc(NC(=O)C2CSCN2C(=O)c2cc3cccc([N+](=O)[O-])c3[nH]2)cc1. The molecular formula is C20H18N4O5S. The Kier molecular flexibility index (Phi) is 5.32. The number of non-ortho nitro benzene ring substituents is 1. The number of fused-ring (bicyclic) bond motifs is 1. The minimum atomic E-state index is -0.647. The Hall–Kier alpha value is -3.53. The molecule has 1 aromatic heterocycles. The van der Waals surface area contributed by atoms with Gasteiger partial charge in [0.2, 0.25) is 5.91 Å². The van der Waals surface area contributed by atoms with Crippen LogP contribution >= 0.6 is 11.8 Å². The first-order valence-corrected chi connectivity index (χ1v) is 10.2. The number of thioether (sulfide) groups is 1. The van der Waals surface area contributed by atoms with Crippen LogP contribution in [0.5, 0.6) is 5.75 Å². The van der Waals surface area contributed by atoms with Gasteiger partial charge in [-0.2, -0.15) is 0 Å². The highest BCUT2D eigenvalue weighted by atomic mass is 32.2. The lowest BCUT2D eigenvalue weighted by Crippen LogP contribution is -2.44. The molecule has 2 aromatic carbocycles. The summed E-state index contributed by atoms with van der Waals surface area (Å²) in [5.74, 6) is 0.834. The fourth-order valence-corrected chi connectivity index (χ4v) is 4.48. The number of H-pyrrole nitrogens is 1. The van der Waals surface area contributed by atoms with Crippen LogP contribution in [-0.4, -0.2) is 51.4 Å². The Bertz CT molecular complexity index is 1130. The van der Waals surface area contributed by atoms with Gasteiger partial charge in [-0.25, -0.2) is 0 Å². The van der Waals surface area contributed by atoms with E-state index in [-0.39, 0.29) is 28.7 Å². The summed E-state index contributed by atoms with van der Waals surface area (Å²) in [5, 5.41) is 14.6. The van der Waals surface area contributed by atoms with Gasteiger partial charge in [0.25, 0.3) is 11.6 Å². The topological polar surface area (TPSA) is 118 Å². The molecule has 2 amide bonds. The number of para-hydroxylation sites is 1. The number of nitro groups is 1. The molecule has 1 aliphatic rings. The van der Waals surface area contributed by atoms with E-state index in [0.29, 0.717) is 28.5 Å². The van der Waals surface area contributed by atoms with Gasteiger partial charge >= 0.3 is 0 Å². The third kappa shape index (κ3) is 3.69. The summed E-state index contributed by atoms with van der Waals surface area (Å²) in [5.41, 5.74) is 1.00. The molecule has 1 fully saturated rings. The highest BCUT2D eigenvalue weighted by molar-refractivity contribution is 7.99. The molecular weight excluding hydrogens is 408 g/mol. The maximum atomic E-state index is 13.1. The van der Waals surface area contributed by atoms with Gasteiger partial charge in [-0.1, -0.05) is 12.1 Å². The first-order chi connectivity index (χ1) is 14.5. The van der Waals surface area contributed by atoms with E-state index in [0.717, 1.165) is 0 Å². The van der Waals surface area contributed by atoms with E-state index in [1.165, 1.54) is 22.7 Å². The number of anilines is 1. The van der Waals surface area contributed by atoms with Crippen LogP contribution in [0.1, 0.15) is 10.5 Å². The van der Waals surface area contributed by atoms with Crippen molar-refractivity contribution in [2.24, 2.45) is 0 Å². The van der Waals surface area contributed by atoms with E-state index in [9.17, 15) is 19.7 Å². The van der Waals surface area contributed by atoms with Crippen LogP contribution in [0.2, 0.25) is 0 Å². The van der Waals surface area contributed by atoms with Gasteiger partial charge in [0.15, 0.2) is 0 Å². The van der Waals surface area contributed by atoms with Crippen molar-refractivity contribution in [1.82, 2.24) is 9.88 Å². The molecule has 1 unspecified atom stereocenters. The highest BCUT2D eigenvalue weighted by Gasteiger charge is 2.36. The van der Waals surface area contributed by atoms with Gasteiger partial charge in [0.05, 0.1) is 17.9 Å². The van der Waals surface area contributed by atoms with Gasteiger partial charge in [-0.15, -0.1) is 11.8 Å². The lowest BCUT2D eigenvalue weighted by atomic mass is 10.2. The number of nitrogens with one attached hydrogen (secondary N) is 2. The lowest BCUT2D eigenvalue weighted by Gasteiger charge is -2.22. The molecule has 1 saturated heterocycles. The molecule has 2 heterocycles. The second kappa shape index (κ2) is 8.07. The molecule has 9 nitrogen and oxygen atoms in total. The van der Waals surface area contributed by atoms with Crippen molar-refractivity contribution in [2.75, 3.05) is 24.1 Å². The molecule has 3 aromatic rings. The zero-order valence-electron chi connectivity index (χ0n) is 16.0. The van der Waals surface area contributed by atoms with Gasteiger partial charge in [-0.3, -0.25) is 19.7 Å². The quantitative estimate of drug-likeness (QED) is 0.478. The maximum absolute atomic E-state index is 13.1.